The van der Waals surface area contributed by atoms with Crippen LogP contribution in [0.15, 0.2) is 0 Å². The summed E-state index contributed by atoms with van der Waals surface area (Å²) in [6, 6.07) is 2.86. The fraction of sp³-hybridized carbons (Fsp3) is 0.615. The number of anilines is 1. The molecular formula is C13H19N3S. The number of nitrogens with zero attached hydrogens (tertiary/aromatic N) is 1. The molecule has 0 saturated heterocycles. The normalized spacial score (nSPS) is 14.5. The van der Waals surface area contributed by atoms with Gasteiger partial charge in [0.15, 0.2) is 0 Å². The first-order valence-electron chi connectivity index (χ1n) is 6.32. The highest BCUT2D eigenvalue weighted by atomic mass is 32.1. The highest BCUT2D eigenvalue weighted by Crippen LogP contribution is 2.35. The van der Waals surface area contributed by atoms with Gasteiger partial charge in [-0.25, -0.2) is 0 Å². The summed E-state index contributed by atoms with van der Waals surface area (Å²) < 4.78 is 0. The van der Waals surface area contributed by atoms with Gasteiger partial charge in [-0.2, -0.15) is 5.26 Å². The number of rotatable bonds is 4. The summed E-state index contributed by atoms with van der Waals surface area (Å²) in [4.78, 5) is 1.33. The van der Waals surface area contributed by atoms with E-state index in [1.165, 1.54) is 10.4 Å². The van der Waals surface area contributed by atoms with Crippen LogP contribution in [0.4, 0.5) is 5.00 Å². The van der Waals surface area contributed by atoms with Crippen LogP contribution in [0.5, 0.6) is 0 Å². The van der Waals surface area contributed by atoms with Gasteiger partial charge in [0.25, 0.3) is 0 Å². The summed E-state index contributed by atoms with van der Waals surface area (Å²) in [5.74, 6) is 0. The highest BCUT2D eigenvalue weighted by molar-refractivity contribution is 7.16. The Kier molecular flexibility index (Phi) is 4.03. The van der Waals surface area contributed by atoms with Crippen molar-refractivity contribution in [2.24, 2.45) is 0 Å². The Bertz CT molecular complexity index is 427. The van der Waals surface area contributed by atoms with E-state index in [2.05, 4.69) is 30.6 Å². The molecule has 0 atom stereocenters. The van der Waals surface area contributed by atoms with Crippen LogP contribution in [-0.2, 0) is 13.0 Å². The number of fused-ring (bicyclic) bond motifs is 1. The third kappa shape index (κ3) is 2.46. The second-order valence-electron chi connectivity index (χ2n) is 4.40. The number of hydrogen-bond donors (Lipinski definition) is 2. The molecule has 0 fully saturated rings. The van der Waals surface area contributed by atoms with Crippen LogP contribution in [0.3, 0.4) is 0 Å². The molecule has 1 aromatic heterocycles. The van der Waals surface area contributed by atoms with Gasteiger partial charge in [0.1, 0.15) is 11.1 Å². The van der Waals surface area contributed by atoms with Crippen molar-refractivity contribution in [3.8, 4) is 6.07 Å². The number of nitriles is 1. The van der Waals surface area contributed by atoms with E-state index in [0.717, 1.165) is 42.9 Å². The second-order valence-corrected chi connectivity index (χ2v) is 5.51. The summed E-state index contributed by atoms with van der Waals surface area (Å²) in [7, 11) is 0. The van der Waals surface area contributed by atoms with Gasteiger partial charge >= 0.3 is 0 Å². The van der Waals surface area contributed by atoms with Crippen LogP contribution < -0.4 is 10.6 Å². The monoisotopic (exact) mass is 249 g/mol. The molecule has 0 unspecified atom stereocenters. The molecule has 3 nitrogen and oxygen atoms in total. The van der Waals surface area contributed by atoms with Crippen LogP contribution in [-0.4, -0.2) is 12.6 Å². The van der Waals surface area contributed by atoms with Crippen molar-refractivity contribution in [3.05, 3.63) is 16.0 Å². The molecule has 0 saturated carbocycles. The smallest absolute Gasteiger partial charge is 0.107 e. The Balaban J connectivity index is 2.28. The van der Waals surface area contributed by atoms with Gasteiger partial charge in [-0.15, -0.1) is 11.3 Å². The summed E-state index contributed by atoms with van der Waals surface area (Å²) in [6.45, 7) is 6.27. The van der Waals surface area contributed by atoms with Crippen molar-refractivity contribution in [1.29, 1.82) is 5.26 Å². The van der Waals surface area contributed by atoms with E-state index < -0.39 is 0 Å². The van der Waals surface area contributed by atoms with Gasteiger partial charge in [0, 0.05) is 17.5 Å². The molecule has 2 heterocycles. The molecule has 92 valence electrons. The van der Waals surface area contributed by atoms with Crippen LogP contribution >= 0.6 is 11.3 Å². The van der Waals surface area contributed by atoms with Crippen LogP contribution in [0.25, 0.3) is 0 Å². The Morgan fingerprint density at radius 3 is 2.88 bits per heavy atom. The molecule has 17 heavy (non-hydrogen) atoms. The average Bonchev–Trinajstić information content (AvgIpc) is 2.72. The second kappa shape index (κ2) is 5.52. The first-order chi connectivity index (χ1) is 8.30. The zero-order chi connectivity index (χ0) is 12.3. The fourth-order valence-corrected chi connectivity index (χ4v) is 3.48. The minimum absolute atomic E-state index is 0.482. The van der Waals surface area contributed by atoms with Crippen LogP contribution in [0.1, 0.15) is 42.7 Å². The zero-order valence-corrected chi connectivity index (χ0v) is 11.3. The molecule has 0 spiro atoms. The molecule has 1 aliphatic rings. The van der Waals surface area contributed by atoms with Crippen molar-refractivity contribution >= 4 is 16.3 Å². The summed E-state index contributed by atoms with van der Waals surface area (Å²) in [6.07, 6.45) is 3.18. The van der Waals surface area contributed by atoms with E-state index in [4.69, 9.17) is 0 Å². The maximum atomic E-state index is 9.32. The largest absolute Gasteiger partial charge is 0.373 e. The van der Waals surface area contributed by atoms with E-state index in [9.17, 15) is 5.26 Å². The first-order valence-corrected chi connectivity index (χ1v) is 7.13. The standard InChI is InChI=1S/C13H19N3S/c1-3-9(4-2)16-13-11(7-14)10-5-6-15-8-12(10)17-13/h9,15-16H,3-6,8H2,1-2H3. The van der Waals surface area contributed by atoms with Crippen LogP contribution in [0, 0.1) is 11.3 Å². The van der Waals surface area contributed by atoms with Crippen molar-refractivity contribution in [3.63, 3.8) is 0 Å². The third-order valence-electron chi connectivity index (χ3n) is 3.36. The van der Waals surface area contributed by atoms with E-state index in [0.29, 0.717) is 6.04 Å². The molecule has 4 heteroatoms. The molecule has 0 bridgehead atoms. The lowest BCUT2D eigenvalue weighted by molar-refractivity contribution is 0.653. The molecule has 1 aliphatic heterocycles. The number of nitrogens with one attached hydrogen (secondary N) is 2. The summed E-state index contributed by atoms with van der Waals surface area (Å²) in [5, 5.41) is 17.3. The van der Waals surface area contributed by atoms with Crippen molar-refractivity contribution < 1.29 is 0 Å². The maximum absolute atomic E-state index is 9.32. The van der Waals surface area contributed by atoms with E-state index >= 15 is 0 Å². The number of thiophene rings is 1. The van der Waals surface area contributed by atoms with E-state index in [-0.39, 0.29) is 0 Å². The van der Waals surface area contributed by atoms with Gasteiger partial charge < -0.3 is 10.6 Å². The van der Waals surface area contributed by atoms with Gasteiger partial charge in [0.05, 0.1) is 5.56 Å². The van der Waals surface area contributed by atoms with Gasteiger partial charge in [0.2, 0.25) is 0 Å². The minimum atomic E-state index is 0.482. The zero-order valence-electron chi connectivity index (χ0n) is 10.5. The minimum Gasteiger partial charge on any atom is -0.373 e. The predicted molar refractivity (Wildman–Crippen MR) is 72.4 cm³/mol. The summed E-state index contributed by atoms with van der Waals surface area (Å²) in [5.41, 5.74) is 2.16. The Morgan fingerprint density at radius 2 is 2.24 bits per heavy atom. The van der Waals surface area contributed by atoms with Gasteiger partial charge in [-0.1, -0.05) is 13.8 Å². The van der Waals surface area contributed by atoms with Crippen molar-refractivity contribution in [2.75, 3.05) is 11.9 Å². The SMILES string of the molecule is CCC(CC)Nc1sc2c(c1C#N)CCNC2. The van der Waals surface area contributed by atoms with Gasteiger partial charge in [-0.3, -0.25) is 0 Å². The van der Waals surface area contributed by atoms with Crippen molar-refractivity contribution in [2.45, 2.75) is 45.7 Å². The highest BCUT2D eigenvalue weighted by Gasteiger charge is 2.21. The topological polar surface area (TPSA) is 47.9 Å². The van der Waals surface area contributed by atoms with Gasteiger partial charge in [-0.05, 0) is 31.4 Å². The molecule has 2 N–H and O–H groups in total. The molecular weight excluding hydrogens is 230 g/mol. The lowest BCUT2D eigenvalue weighted by atomic mass is 10.0. The van der Waals surface area contributed by atoms with E-state index in [1.54, 1.807) is 11.3 Å². The fourth-order valence-electron chi connectivity index (χ4n) is 2.23. The Hall–Kier alpha value is -1.05. The first kappa shape index (κ1) is 12.4. The lowest BCUT2D eigenvalue weighted by Gasteiger charge is -2.14. The van der Waals surface area contributed by atoms with Crippen LogP contribution in [0.2, 0.25) is 0 Å². The number of hydrogen-bond acceptors (Lipinski definition) is 4. The average molecular weight is 249 g/mol. The molecule has 1 aromatic rings. The lowest BCUT2D eigenvalue weighted by Crippen LogP contribution is -2.22. The molecule has 2 rings (SSSR count). The Labute approximate surface area is 107 Å². The third-order valence-corrected chi connectivity index (χ3v) is 4.52. The summed E-state index contributed by atoms with van der Waals surface area (Å²) >= 11 is 1.75. The maximum Gasteiger partial charge on any atom is 0.107 e. The Morgan fingerprint density at radius 1 is 1.47 bits per heavy atom. The molecule has 0 aromatic carbocycles. The molecule has 0 radical (unpaired) electrons. The molecule has 0 amide bonds. The predicted octanol–water partition coefficient (Wildman–Crippen LogP) is 2.87. The quantitative estimate of drug-likeness (QED) is 0.862. The van der Waals surface area contributed by atoms with E-state index in [1.807, 2.05) is 0 Å². The molecule has 0 aliphatic carbocycles. The van der Waals surface area contributed by atoms with Crippen molar-refractivity contribution in [1.82, 2.24) is 5.32 Å².